The Morgan fingerprint density at radius 1 is 1.05 bits per heavy atom. The van der Waals surface area contributed by atoms with Crippen LogP contribution in [0.15, 0.2) is 54.6 Å². The minimum Gasteiger partial charge on any atom is -0.481 e. The highest BCUT2D eigenvalue weighted by atomic mass is 19.1. The Morgan fingerprint density at radius 2 is 1.67 bits per heavy atom. The van der Waals surface area contributed by atoms with Crippen LogP contribution in [-0.4, -0.2) is 23.5 Å². The molecule has 0 spiro atoms. The molecule has 108 valence electrons. The van der Waals surface area contributed by atoms with Crippen LogP contribution in [0, 0.1) is 5.82 Å². The third-order valence-corrected chi connectivity index (χ3v) is 3.07. The van der Waals surface area contributed by atoms with E-state index in [0.717, 1.165) is 0 Å². The normalized spacial score (nSPS) is 11.7. The van der Waals surface area contributed by atoms with E-state index in [1.807, 2.05) is 0 Å². The van der Waals surface area contributed by atoms with Crippen molar-refractivity contribution in [2.75, 3.05) is 6.54 Å². The summed E-state index contributed by atoms with van der Waals surface area (Å²) in [6.45, 7) is -0.0608. The van der Waals surface area contributed by atoms with Crippen LogP contribution in [0.2, 0.25) is 0 Å². The van der Waals surface area contributed by atoms with E-state index in [1.165, 1.54) is 24.3 Å². The summed E-state index contributed by atoms with van der Waals surface area (Å²) < 4.78 is 12.9. The molecule has 0 aliphatic rings. The molecule has 0 saturated carbocycles. The second kappa shape index (κ2) is 6.65. The molecule has 1 amide bonds. The largest absolute Gasteiger partial charge is 0.481 e. The maximum absolute atomic E-state index is 12.9. The standard InChI is InChI=1S/C16H14FNO3/c17-13-8-6-11(7-9-13)14(16(20)21)10-18-15(19)12-4-2-1-3-5-12/h1-9,14H,10H2,(H,18,19)(H,20,21). The van der Waals surface area contributed by atoms with Gasteiger partial charge < -0.3 is 10.4 Å². The third kappa shape index (κ3) is 3.89. The molecule has 2 rings (SSSR count). The van der Waals surface area contributed by atoms with Crippen molar-refractivity contribution in [3.05, 3.63) is 71.5 Å². The number of carboxylic acids is 1. The summed E-state index contributed by atoms with van der Waals surface area (Å²) in [6, 6.07) is 13.7. The molecule has 2 N–H and O–H groups in total. The number of hydrogen-bond acceptors (Lipinski definition) is 2. The van der Waals surface area contributed by atoms with Crippen LogP contribution in [-0.2, 0) is 4.79 Å². The van der Waals surface area contributed by atoms with Crippen LogP contribution >= 0.6 is 0 Å². The van der Waals surface area contributed by atoms with E-state index in [2.05, 4.69) is 5.32 Å². The van der Waals surface area contributed by atoms with Gasteiger partial charge in [-0.25, -0.2) is 4.39 Å². The van der Waals surface area contributed by atoms with E-state index in [4.69, 9.17) is 0 Å². The summed E-state index contributed by atoms with van der Waals surface area (Å²) in [5.74, 6) is -2.77. The smallest absolute Gasteiger partial charge is 0.312 e. The molecule has 0 aliphatic carbocycles. The van der Waals surface area contributed by atoms with Gasteiger partial charge in [0, 0.05) is 12.1 Å². The van der Waals surface area contributed by atoms with Crippen molar-refractivity contribution in [1.82, 2.24) is 5.32 Å². The summed E-state index contributed by atoms with van der Waals surface area (Å²) in [5, 5.41) is 11.8. The predicted molar refractivity (Wildman–Crippen MR) is 75.6 cm³/mol. The van der Waals surface area contributed by atoms with Crippen molar-refractivity contribution in [3.8, 4) is 0 Å². The predicted octanol–water partition coefficient (Wildman–Crippen LogP) is 2.42. The number of halogens is 1. The van der Waals surface area contributed by atoms with Gasteiger partial charge in [-0.2, -0.15) is 0 Å². The van der Waals surface area contributed by atoms with Gasteiger partial charge >= 0.3 is 5.97 Å². The van der Waals surface area contributed by atoms with Gasteiger partial charge in [0.15, 0.2) is 0 Å². The number of carboxylic acid groups (broad SMARTS) is 1. The monoisotopic (exact) mass is 287 g/mol. The minimum absolute atomic E-state index is 0.0608. The Balaban J connectivity index is 2.06. The fraction of sp³-hybridized carbons (Fsp3) is 0.125. The Kier molecular flexibility index (Phi) is 4.66. The molecule has 4 nitrogen and oxygen atoms in total. The first-order valence-corrected chi connectivity index (χ1v) is 6.39. The molecule has 2 aromatic carbocycles. The number of amides is 1. The lowest BCUT2D eigenvalue weighted by atomic mass is 9.99. The van der Waals surface area contributed by atoms with Crippen molar-refractivity contribution >= 4 is 11.9 Å². The van der Waals surface area contributed by atoms with Gasteiger partial charge in [-0.05, 0) is 29.8 Å². The zero-order valence-electron chi connectivity index (χ0n) is 11.1. The highest BCUT2D eigenvalue weighted by Crippen LogP contribution is 2.16. The molecule has 21 heavy (non-hydrogen) atoms. The number of rotatable bonds is 5. The van der Waals surface area contributed by atoms with E-state index in [1.54, 1.807) is 30.3 Å². The van der Waals surface area contributed by atoms with Gasteiger partial charge in [-0.1, -0.05) is 30.3 Å². The maximum Gasteiger partial charge on any atom is 0.312 e. The number of aliphatic carboxylic acids is 1. The first-order chi connectivity index (χ1) is 10.1. The van der Waals surface area contributed by atoms with E-state index in [0.29, 0.717) is 11.1 Å². The average Bonchev–Trinajstić information content (AvgIpc) is 2.49. The maximum atomic E-state index is 12.9. The van der Waals surface area contributed by atoms with Gasteiger partial charge in [0.2, 0.25) is 0 Å². The first kappa shape index (κ1) is 14.7. The molecule has 0 saturated heterocycles. The molecular weight excluding hydrogens is 273 g/mol. The van der Waals surface area contributed by atoms with Gasteiger partial charge in [0.05, 0.1) is 5.92 Å². The van der Waals surface area contributed by atoms with Crippen molar-refractivity contribution in [2.45, 2.75) is 5.92 Å². The second-order valence-electron chi connectivity index (χ2n) is 4.52. The van der Waals surface area contributed by atoms with Crippen LogP contribution in [0.1, 0.15) is 21.8 Å². The molecule has 1 unspecified atom stereocenters. The SMILES string of the molecule is O=C(NCC(C(=O)O)c1ccc(F)cc1)c1ccccc1. The number of carbonyl (C=O) groups is 2. The highest BCUT2D eigenvalue weighted by molar-refractivity contribution is 5.94. The van der Waals surface area contributed by atoms with Gasteiger partial charge in [0.1, 0.15) is 5.82 Å². The molecule has 0 bridgehead atoms. The molecule has 0 aliphatic heterocycles. The van der Waals surface area contributed by atoms with Crippen LogP contribution in [0.25, 0.3) is 0 Å². The molecule has 0 fully saturated rings. The number of carbonyl (C=O) groups excluding carboxylic acids is 1. The Morgan fingerprint density at radius 3 is 2.24 bits per heavy atom. The summed E-state index contributed by atoms with van der Waals surface area (Å²) in [6.07, 6.45) is 0. The number of benzene rings is 2. The second-order valence-corrected chi connectivity index (χ2v) is 4.52. The molecular formula is C16H14FNO3. The minimum atomic E-state index is -1.07. The lowest BCUT2D eigenvalue weighted by Crippen LogP contribution is -2.31. The summed E-state index contributed by atoms with van der Waals surface area (Å²) in [5.41, 5.74) is 0.901. The Bertz CT molecular complexity index is 626. The number of nitrogens with one attached hydrogen (secondary N) is 1. The zero-order chi connectivity index (χ0) is 15.2. The molecule has 0 radical (unpaired) electrons. The van der Waals surface area contributed by atoms with E-state index in [-0.39, 0.29) is 12.5 Å². The average molecular weight is 287 g/mol. The summed E-state index contributed by atoms with van der Waals surface area (Å²) in [4.78, 5) is 23.2. The molecule has 2 aromatic rings. The van der Waals surface area contributed by atoms with Crippen LogP contribution < -0.4 is 5.32 Å². The molecule has 0 aromatic heterocycles. The van der Waals surface area contributed by atoms with Crippen LogP contribution in [0.5, 0.6) is 0 Å². The first-order valence-electron chi connectivity index (χ1n) is 6.39. The lowest BCUT2D eigenvalue weighted by molar-refractivity contribution is -0.138. The van der Waals surface area contributed by atoms with E-state index >= 15 is 0 Å². The van der Waals surface area contributed by atoms with Crippen LogP contribution in [0.3, 0.4) is 0 Å². The van der Waals surface area contributed by atoms with Gasteiger partial charge in [-0.15, -0.1) is 0 Å². The third-order valence-electron chi connectivity index (χ3n) is 3.07. The fourth-order valence-electron chi connectivity index (χ4n) is 1.93. The highest BCUT2D eigenvalue weighted by Gasteiger charge is 2.20. The summed E-state index contributed by atoms with van der Waals surface area (Å²) in [7, 11) is 0. The van der Waals surface area contributed by atoms with Gasteiger partial charge in [0.25, 0.3) is 5.91 Å². The van der Waals surface area contributed by atoms with Gasteiger partial charge in [-0.3, -0.25) is 9.59 Å². The van der Waals surface area contributed by atoms with Crippen molar-refractivity contribution in [2.24, 2.45) is 0 Å². The van der Waals surface area contributed by atoms with Crippen molar-refractivity contribution < 1.29 is 19.1 Å². The molecule has 1 atom stereocenters. The topological polar surface area (TPSA) is 66.4 Å². The lowest BCUT2D eigenvalue weighted by Gasteiger charge is -2.14. The number of hydrogen-bond donors (Lipinski definition) is 2. The molecule has 0 heterocycles. The zero-order valence-corrected chi connectivity index (χ0v) is 11.1. The fourth-order valence-corrected chi connectivity index (χ4v) is 1.93. The van der Waals surface area contributed by atoms with E-state index < -0.39 is 17.7 Å². The van der Waals surface area contributed by atoms with E-state index in [9.17, 15) is 19.1 Å². The van der Waals surface area contributed by atoms with Crippen molar-refractivity contribution in [1.29, 1.82) is 0 Å². The Labute approximate surface area is 121 Å². The van der Waals surface area contributed by atoms with Crippen LogP contribution in [0.4, 0.5) is 4.39 Å². The summed E-state index contributed by atoms with van der Waals surface area (Å²) >= 11 is 0. The molecule has 5 heteroatoms. The quantitative estimate of drug-likeness (QED) is 0.887. The van der Waals surface area contributed by atoms with Crippen molar-refractivity contribution in [3.63, 3.8) is 0 Å². The Hall–Kier alpha value is -2.69.